The highest BCUT2D eigenvalue weighted by Crippen LogP contribution is 2.22. The molecule has 0 aliphatic carbocycles. The second-order valence-electron chi connectivity index (χ2n) is 5.49. The molecule has 6 heteroatoms. The zero-order valence-corrected chi connectivity index (χ0v) is 14.4. The number of benzene rings is 1. The monoisotopic (exact) mass is 339 g/mol. The predicted octanol–water partition coefficient (Wildman–Crippen LogP) is 3.26. The van der Waals surface area contributed by atoms with E-state index in [0.717, 1.165) is 0 Å². The number of amides is 1. The molecule has 0 radical (unpaired) electrons. The van der Waals surface area contributed by atoms with Crippen molar-refractivity contribution in [2.75, 3.05) is 19.7 Å². The maximum atomic E-state index is 12.2. The molecule has 2 aromatic rings. The molecule has 0 bridgehead atoms. The van der Waals surface area contributed by atoms with Gasteiger partial charge < -0.3 is 14.4 Å². The van der Waals surface area contributed by atoms with Crippen LogP contribution in [0.1, 0.15) is 13.8 Å². The molecule has 130 valence electrons. The number of rotatable bonds is 8. The van der Waals surface area contributed by atoms with Gasteiger partial charge in [-0.1, -0.05) is 6.07 Å². The summed E-state index contributed by atoms with van der Waals surface area (Å²) in [6, 6.07) is 14.5. The van der Waals surface area contributed by atoms with Gasteiger partial charge in [-0.05, 0) is 44.2 Å². The van der Waals surface area contributed by atoms with E-state index in [9.17, 15) is 4.79 Å². The van der Waals surface area contributed by atoms with Gasteiger partial charge in [-0.15, -0.1) is 0 Å². The molecule has 1 unspecified atom stereocenters. The molecule has 0 fully saturated rings. The highest BCUT2D eigenvalue weighted by molar-refractivity contribution is 5.77. The van der Waals surface area contributed by atoms with Gasteiger partial charge in [-0.25, -0.2) is 4.98 Å². The Hall–Kier alpha value is -3.07. The molecule has 0 saturated heterocycles. The molecule has 1 atom stereocenters. The maximum absolute atomic E-state index is 12.2. The average molecular weight is 339 g/mol. The van der Waals surface area contributed by atoms with Gasteiger partial charge in [0.2, 0.25) is 5.88 Å². The number of nitriles is 1. The Morgan fingerprint density at radius 3 is 2.56 bits per heavy atom. The highest BCUT2D eigenvalue weighted by Gasteiger charge is 2.15. The van der Waals surface area contributed by atoms with Crippen LogP contribution in [0.4, 0.5) is 0 Å². The topological polar surface area (TPSA) is 75.5 Å². The van der Waals surface area contributed by atoms with Gasteiger partial charge in [-0.3, -0.25) is 4.79 Å². The zero-order valence-electron chi connectivity index (χ0n) is 14.4. The largest absolute Gasteiger partial charge is 0.484 e. The second-order valence-corrected chi connectivity index (χ2v) is 5.49. The molecule has 1 aromatic heterocycles. The summed E-state index contributed by atoms with van der Waals surface area (Å²) in [4.78, 5) is 17.9. The van der Waals surface area contributed by atoms with Gasteiger partial charge in [0, 0.05) is 25.4 Å². The van der Waals surface area contributed by atoms with Crippen molar-refractivity contribution in [3.8, 4) is 23.4 Å². The molecule has 0 N–H and O–H groups in total. The fourth-order valence-electron chi connectivity index (χ4n) is 2.15. The van der Waals surface area contributed by atoms with Gasteiger partial charge in [0.25, 0.3) is 5.91 Å². The van der Waals surface area contributed by atoms with E-state index in [1.54, 1.807) is 48.4 Å². The van der Waals surface area contributed by atoms with Gasteiger partial charge in [-0.2, -0.15) is 5.26 Å². The summed E-state index contributed by atoms with van der Waals surface area (Å²) < 4.78 is 11.1. The van der Waals surface area contributed by atoms with Gasteiger partial charge in [0.15, 0.2) is 6.61 Å². The third-order valence-corrected chi connectivity index (χ3v) is 3.50. The van der Waals surface area contributed by atoms with Crippen LogP contribution >= 0.6 is 0 Å². The van der Waals surface area contributed by atoms with Crippen LogP contribution in [-0.4, -0.2) is 35.5 Å². The number of nitrogens with zero attached hydrogens (tertiary/aromatic N) is 3. The van der Waals surface area contributed by atoms with E-state index < -0.39 is 0 Å². The van der Waals surface area contributed by atoms with Gasteiger partial charge in [0.1, 0.15) is 11.5 Å². The molecule has 6 nitrogen and oxygen atoms in total. The predicted molar refractivity (Wildman–Crippen MR) is 93.3 cm³/mol. The Kier molecular flexibility index (Phi) is 6.78. The fourth-order valence-corrected chi connectivity index (χ4v) is 2.15. The number of carbonyl (C=O) groups is 1. The SMILES string of the molecule is CCN(CC(C)C#N)C(=O)COc1ccc(Oc2ccccn2)cc1. The molecule has 0 spiro atoms. The summed E-state index contributed by atoms with van der Waals surface area (Å²) in [7, 11) is 0. The lowest BCUT2D eigenvalue weighted by Gasteiger charge is -2.22. The van der Waals surface area contributed by atoms with Crippen LogP contribution in [-0.2, 0) is 4.79 Å². The molecule has 1 heterocycles. The number of likely N-dealkylation sites (N-methyl/N-ethyl adjacent to an activating group) is 1. The maximum Gasteiger partial charge on any atom is 0.260 e. The Morgan fingerprint density at radius 1 is 1.24 bits per heavy atom. The number of ether oxygens (including phenoxy) is 2. The van der Waals surface area contributed by atoms with Crippen LogP contribution in [0.15, 0.2) is 48.7 Å². The molecule has 25 heavy (non-hydrogen) atoms. The van der Waals surface area contributed by atoms with Crippen LogP contribution in [0.25, 0.3) is 0 Å². The van der Waals surface area contributed by atoms with Crippen LogP contribution < -0.4 is 9.47 Å². The fraction of sp³-hybridized carbons (Fsp3) is 0.316. The molecule has 0 aliphatic heterocycles. The zero-order chi connectivity index (χ0) is 18.1. The van der Waals surface area contributed by atoms with E-state index in [0.29, 0.717) is 30.5 Å². The average Bonchev–Trinajstić information content (AvgIpc) is 2.65. The van der Waals surface area contributed by atoms with E-state index in [1.165, 1.54) is 0 Å². The van der Waals surface area contributed by atoms with Crippen molar-refractivity contribution in [3.05, 3.63) is 48.7 Å². The minimum Gasteiger partial charge on any atom is -0.484 e. The minimum absolute atomic E-state index is 0.0631. The summed E-state index contributed by atoms with van der Waals surface area (Å²) in [6.07, 6.45) is 1.66. The summed E-state index contributed by atoms with van der Waals surface area (Å²) >= 11 is 0. The molecular formula is C19H21N3O3. The summed E-state index contributed by atoms with van der Waals surface area (Å²) in [5, 5.41) is 8.87. The number of hydrogen-bond acceptors (Lipinski definition) is 5. The van der Waals surface area contributed by atoms with E-state index in [1.807, 2.05) is 19.1 Å². The third kappa shape index (κ3) is 5.81. The highest BCUT2D eigenvalue weighted by atomic mass is 16.5. The van der Waals surface area contributed by atoms with Crippen molar-refractivity contribution < 1.29 is 14.3 Å². The van der Waals surface area contributed by atoms with Gasteiger partial charge >= 0.3 is 0 Å². The van der Waals surface area contributed by atoms with Crippen molar-refractivity contribution in [1.29, 1.82) is 5.26 Å². The van der Waals surface area contributed by atoms with Crippen molar-refractivity contribution >= 4 is 5.91 Å². The van der Waals surface area contributed by atoms with Crippen LogP contribution in [0.5, 0.6) is 17.4 Å². The van der Waals surface area contributed by atoms with E-state index in [2.05, 4.69) is 11.1 Å². The Morgan fingerprint density at radius 2 is 1.96 bits per heavy atom. The van der Waals surface area contributed by atoms with Crippen LogP contribution in [0, 0.1) is 17.2 Å². The number of hydrogen-bond donors (Lipinski definition) is 0. The van der Waals surface area contributed by atoms with Crippen molar-refractivity contribution in [3.63, 3.8) is 0 Å². The smallest absolute Gasteiger partial charge is 0.260 e. The lowest BCUT2D eigenvalue weighted by Crippen LogP contribution is -2.37. The van der Waals surface area contributed by atoms with Crippen molar-refractivity contribution in [2.45, 2.75) is 13.8 Å². The molecule has 0 saturated carbocycles. The molecular weight excluding hydrogens is 318 g/mol. The normalized spacial score (nSPS) is 11.2. The quantitative estimate of drug-likeness (QED) is 0.738. The van der Waals surface area contributed by atoms with Crippen LogP contribution in [0.2, 0.25) is 0 Å². The van der Waals surface area contributed by atoms with Gasteiger partial charge in [0.05, 0.1) is 12.0 Å². The first-order chi connectivity index (χ1) is 12.1. The minimum atomic E-state index is -0.202. The molecule has 1 aromatic carbocycles. The summed E-state index contributed by atoms with van der Waals surface area (Å²) in [5.74, 6) is 1.38. The van der Waals surface area contributed by atoms with Crippen molar-refractivity contribution in [2.24, 2.45) is 5.92 Å². The second kappa shape index (κ2) is 9.28. The Bertz CT molecular complexity index is 711. The Balaban J connectivity index is 1.86. The Labute approximate surface area is 147 Å². The van der Waals surface area contributed by atoms with E-state index >= 15 is 0 Å². The van der Waals surface area contributed by atoms with E-state index in [4.69, 9.17) is 14.7 Å². The first-order valence-electron chi connectivity index (χ1n) is 8.11. The van der Waals surface area contributed by atoms with E-state index in [-0.39, 0.29) is 18.4 Å². The molecule has 2 rings (SSSR count). The third-order valence-electron chi connectivity index (χ3n) is 3.50. The number of aromatic nitrogens is 1. The number of pyridine rings is 1. The summed E-state index contributed by atoms with van der Waals surface area (Å²) in [5.41, 5.74) is 0. The molecule has 1 amide bonds. The lowest BCUT2D eigenvalue weighted by atomic mass is 10.2. The first kappa shape index (κ1) is 18.3. The van der Waals surface area contributed by atoms with Crippen LogP contribution in [0.3, 0.4) is 0 Å². The van der Waals surface area contributed by atoms with Crippen molar-refractivity contribution in [1.82, 2.24) is 9.88 Å². The standard InChI is InChI=1S/C19H21N3O3/c1-3-22(13-15(2)12-20)19(23)14-24-16-7-9-17(10-8-16)25-18-6-4-5-11-21-18/h4-11,15H,3,13-14H2,1-2H3. The molecule has 0 aliphatic rings. The number of carbonyl (C=O) groups excluding carboxylic acids is 1. The first-order valence-corrected chi connectivity index (χ1v) is 8.11. The lowest BCUT2D eigenvalue weighted by molar-refractivity contribution is -0.133. The summed E-state index contributed by atoms with van der Waals surface area (Å²) in [6.45, 7) is 4.56.